The molecule has 0 atom stereocenters. The minimum absolute atomic E-state index is 0.161. The normalized spacial score (nSPS) is 18.3. The lowest BCUT2D eigenvalue weighted by Crippen LogP contribution is -2.39. The third-order valence-corrected chi connectivity index (χ3v) is 3.51. The highest BCUT2D eigenvalue weighted by Gasteiger charge is 2.33. The Bertz CT molecular complexity index is 386. The lowest BCUT2D eigenvalue weighted by molar-refractivity contribution is 0.214. The van der Waals surface area contributed by atoms with Crippen molar-refractivity contribution in [1.29, 1.82) is 0 Å². The van der Waals surface area contributed by atoms with Crippen molar-refractivity contribution in [3.05, 3.63) is 17.6 Å². The van der Waals surface area contributed by atoms with E-state index in [4.69, 9.17) is 0 Å². The monoisotopic (exact) mass is 235 g/mol. The first-order valence-electron chi connectivity index (χ1n) is 6.41. The molecule has 1 fully saturated rings. The number of anilines is 1. The van der Waals surface area contributed by atoms with E-state index in [1.165, 1.54) is 12.8 Å². The van der Waals surface area contributed by atoms with Gasteiger partial charge in [0.15, 0.2) is 0 Å². The summed E-state index contributed by atoms with van der Waals surface area (Å²) in [6.07, 6.45) is 5.31. The van der Waals surface area contributed by atoms with Crippen molar-refractivity contribution in [1.82, 2.24) is 9.97 Å². The molecule has 4 nitrogen and oxygen atoms in total. The van der Waals surface area contributed by atoms with Crippen LogP contribution in [0.3, 0.4) is 0 Å². The number of nitrogens with zero attached hydrogens (tertiary/aromatic N) is 2. The molecule has 1 aromatic rings. The second-order valence-corrected chi connectivity index (χ2v) is 4.92. The highest BCUT2D eigenvalue weighted by molar-refractivity contribution is 5.39. The van der Waals surface area contributed by atoms with Gasteiger partial charge in [0.25, 0.3) is 0 Å². The fourth-order valence-electron chi connectivity index (χ4n) is 2.52. The van der Waals surface area contributed by atoms with Gasteiger partial charge in [0.1, 0.15) is 11.6 Å². The third-order valence-electron chi connectivity index (χ3n) is 3.51. The van der Waals surface area contributed by atoms with E-state index in [9.17, 15) is 5.11 Å². The minimum atomic E-state index is -0.161. The second-order valence-electron chi connectivity index (χ2n) is 4.92. The molecule has 0 spiro atoms. The lowest BCUT2D eigenvalue weighted by atomic mass is 9.99. The quantitative estimate of drug-likeness (QED) is 0.838. The second kappa shape index (κ2) is 5.00. The van der Waals surface area contributed by atoms with E-state index >= 15 is 0 Å². The molecule has 94 valence electrons. The summed E-state index contributed by atoms with van der Waals surface area (Å²) < 4.78 is 0. The fraction of sp³-hybridized carbons (Fsp3) is 0.692. The van der Waals surface area contributed by atoms with Crippen molar-refractivity contribution in [2.45, 2.75) is 51.5 Å². The van der Waals surface area contributed by atoms with E-state index in [1.54, 1.807) is 0 Å². The van der Waals surface area contributed by atoms with Gasteiger partial charge in [-0.3, -0.25) is 0 Å². The smallest absolute Gasteiger partial charge is 0.130 e. The Hall–Kier alpha value is -1.16. The summed E-state index contributed by atoms with van der Waals surface area (Å²) in [7, 11) is 0. The predicted octanol–water partition coefficient (Wildman–Crippen LogP) is 2.06. The molecule has 17 heavy (non-hydrogen) atoms. The van der Waals surface area contributed by atoms with Crippen molar-refractivity contribution < 1.29 is 5.11 Å². The van der Waals surface area contributed by atoms with Crippen LogP contribution in [0.5, 0.6) is 0 Å². The van der Waals surface area contributed by atoms with Crippen molar-refractivity contribution in [2.75, 3.05) is 11.9 Å². The minimum Gasteiger partial charge on any atom is -0.394 e. The van der Waals surface area contributed by atoms with Gasteiger partial charge in [-0.15, -0.1) is 0 Å². The van der Waals surface area contributed by atoms with Gasteiger partial charge in [-0.05, 0) is 26.2 Å². The zero-order valence-electron chi connectivity index (χ0n) is 10.7. The highest BCUT2D eigenvalue weighted by Crippen LogP contribution is 2.32. The molecule has 1 heterocycles. The van der Waals surface area contributed by atoms with Crippen molar-refractivity contribution >= 4 is 5.82 Å². The lowest BCUT2D eigenvalue weighted by Gasteiger charge is -2.28. The molecular formula is C13H21N3O. The van der Waals surface area contributed by atoms with Crippen LogP contribution in [0, 0.1) is 6.92 Å². The van der Waals surface area contributed by atoms with Crippen LogP contribution in [0.4, 0.5) is 5.82 Å². The van der Waals surface area contributed by atoms with Gasteiger partial charge in [0.2, 0.25) is 0 Å². The molecule has 0 amide bonds. The Morgan fingerprint density at radius 1 is 1.35 bits per heavy atom. The van der Waals surface area contributed by atoms with E-state index in [0.29, 0.717) is 0 Å². The maximum Gasteiger partial charge on any atom is 0.130 e. The Morgan fingerprint density at radius 2 is 2.06 bits per heavy atom. The first-order chi connectivity index (χ1) is 8.17. The first-order valence-corrected chi connectivity index (χ1v) is 6.41. The maximum atomic E-state index is 9.57. The Morgan fingerprint density at radius 3 is 2.65 bits per heavy atom. The molecule has 0 saturated heterocycles. The third kappa shape index (κ3) is 2.75. The van der Waals surface area contributed by atoms with E-state index in [1.807, 2.05) is 13.0 Å². The highest BCUT2D eigenvalue weighted by atomic mass is 16.3. The number of aliphatic hydroxyl groups is 1. The average molecular weight is 235 g/mol. The molecule has 0 bridgehead atoms. The molecule has 0 radical (unpaired) electrons. The zero-order chi connectivity index (χ0) is 12.3. The number of nitrogens with one attached hydrogen (secondary N) is 1. The van der Waals surface area contributed by atoms with E-state index in [-0.39, 0.29) is 12.1 Å². The van der Waals surface area contributed by atoms with Crippen LogP contribution in [0.15, 0.2) is 6.07 Å². The topological polar surface area (TPSA) is 58.0 Å². The number of rotatable bonds is 4. The molecular weight excluding hydrogens is 214 g/mol. The van der Waals surface area contributed by atoms with Crippen LogP contribution in [0.25, 0.3) is 0 Å². The van der Waals surface area contributed by atoms with Gasteiger partial charge in [-0.1, -0.05) is 19.8 Å². The van der Waals surface area contributed by atoms with E-state index in [0.717, 1.165) is 36.6 Å². The van der Waals surface area contributed by atoms with E-state index < -0.39 is 0 Å². The number of hydrogen-bond donors (Lipinski definition) is 2. The van der Waals surface area contributed by atoms with Crippen LogP contribution < -0.4 is 5.32 Å². The van der Waals surface area contributed by atoms with Gasteiger partial charge >= 0.3 is 0 Å². The summed E-state index contributed by atoms with van der Waals surface area (Å²) in [4.78, 5) is 8.77. The first kappa shape index (κ1) is 12.3. The molecule has 0 aromatic carbocycles. The average Bonchev–Trinajstić information content (AvgIpc) is 2.77. The molecule has 0 aliphatic heterocycles. The molecule has 1 aromatic heterocycles. The number of aryl methyl sites for hydroxylation is 2. The number of aromatic nitrogens is 2. The molecule has 1 aliphatic rings. The summed E-state index contributed by atoms with van der Waals surface area (Å²) in [5.41, 5.74) is 0.886. The number of aliphatic hydroxyl groups excluding tert-OH is 1. The largest absolute Gasteiger partial charge is 0.394 e. The Balaban J connectivity index is 2.19. The Kier molecular flexibility index (Phi) is 3.62. The standard InChI is InChI=1S/C13H21N3O/c1-3-11-8-12(15-10(2)14-11)16-13(9-17)6-4-5-7-13/h8,17H,3-7,9H2,1-2H3,(H,14,15,16). The van der Waals surface area contributed by atoms with Crippen molar-refractivity contribution in [3.8, 4) is 0 Å². The Labute approximate surface area is 102 Å². The summed E-state index contributed by atoms with van der Waals surface area (Å²) >= 11 is 0. The summed E-state index contributed by atoms with van der Waals surface area (Å²) in [6.45, 7) is 4.17. The SMILES string of the molecule is CCc1cc(NC2(CO)CCCC2)nc(C)n1. The van der Waals surface area contributed by atoms with Crippen molar-refractivity contribution in [2.24, 2.45) is 0 Å². The molecule has 4 heteroatoms. The number of hydrogen-bond acceptors (Lipinski definition) is 4. The zero-order valence-corrected chi connectivity index (χ0v) is 10.7. The van der Waals surface area contributed by atoms with Gasteiger partial charge in [0, 0.05) is 11.8 Å². The fourth-order valence-corrected chi connectivity index (χ4v) is 2.52. The maximum absolute atomic E-state index is 9.57. The van der Waals surface area contributed by atoms with Crippen LogP contribution in [-0.2, 0) is 6.42 Å². The van der Waals surface area contributed by atoms with Crippen LogP contribution in [0.2, 0.25) is 0 Å². The molecule has 1 aliphatic carbocycles. The van der Waals surface area contributed by atoms with Gasteiger partial charge < -0.3 is 10.4 Å². The molecule has 2 N–H and O–H groups in total. The molecule has 1 saturated carbocycles. The summed E-state index contributed by atoms with van der Waals surface area (Å²) in [5, 5.41) is 13.0. The van der Waals surface area contributed by atoms with Gasteiger partial charge in [-0.2, -0.15) is 0 Å². The summed E-state index contributed by atoms with van der Waals surface area (Å²) in [6, 6.07) is 1.99. The van der Waals surface area contributed by atoms with Gasteiger partial charge in [0.05, 0.1) is 12.1 Å². The predicted molar refractivity (Wildman–Crippen MR) is 68.1 cm³/mol. The molecule has 0 unspecified atom stereocenters. The van der Waals surface area contributed by atoms with E-state index in [2.05, 4.69) is 22.2 Å². The van der Waals surface area contributed by atoms with Gasteiger partial charge in [-0.25, -0.2) is 9.97 Å². The van der Waals surface area contributed by atoms with Crippen LogP contribution in [-0.4, -0.2) is 27.2 Å². The van der Waals surface area contributed by atoms with Crippen molar-refractivity contribution in [3.63, 3.8) is 0 Å². The van der Waals surface area contributed by atoms with Crippen LogP contribution >= 0.6 is 0 Å². The molecule has 2 rings (SSSR count). The summed E-state index contributed by atoms with van der Waals surface area (Å²) in [5.74, 6) is 1.64. The van der Waals surface area contributed by atoms with Crippen LogP contribution in [0.1, 0.15) is 44.1 Å².